The second-order valence-corrected chi connectivity index (χ2v) is 4.93. The molecule has 0 saturated carbocycles. The Morgan fingerprint density at radius 1 is 1.50 bits per heavy atom. The van der Waals surface area contributed by atoms with E-state index < -0.39 is 5.97 Å². The molecule has 0 unspecified atom stereocenters. The van der Waals surface area contributed by atoms with Gasteiger partial charge in [0.2, 0.25) is 5.95 Å². The van der Waals surface area contributed by atoms with E-state index in [4.69, 9.17) is 5.11 Å². The van der Waals surface area contributed by atoms with Crippen LogP contribution in [0.3, 0.4) is 0 Å². The number of hydrogen-bond donors (Lipinski definition) is 1. The maximum absolute atomic E-state index is 10.9. The zero-order valence-electron chi connectivity index (χ0n) is 10.9. The number of nitrogens with zero attached hydrogens (tertiary/aromatic N) is 3. The zero-order chi connectivity index (χ0) is 13.2. The van der Waals surface area contributed by atoms with Gasteiger partial charge in [0.1, 0.15) is 0 Å². The molecule has 98 valence electrons. The molecule has 1 fully saturated rings. The summed E-state index contributed by atoms with van der Waals surface area (Å²) in [5.74, 6) is -0.464. The van der Waals surface area contributed by atoms with Gasteiger partial charge in [-0.05, 0) is 30.7 Å². The van der Waals surface area contributed by atoms with Crippen LogP contribution in [0.15, 0.2) is 12.3 Å². The molecule has 2 heterocycles. The summed E-state index contributed by atoms with van der Waals surface area (Å²) < 4.78 is 0. The number of carboxylic acids is 1. The second-order valence-electron chi connectivity index (χ2n) is 4.93. The third kappa shape index (κ3) is 2.30. The van der Waals surface area contributed by atoms with Crippen molar-refractivity contribution in [3.05, 3.63) is 18.0 Å². The first-order chi connectivity index (χ1) is 8.60. The highest BCUT2D eigenvalue weighted by atomic mass is 16.4. The SMILES string of the molecule is CCC1(CC)CCN(c2nccc(C(=O)O)n2)C1. The molecule has 1 saturated heterocycles. The Hall–Kier alpha value is -1.65. The van der Waals surface area contributed by atoms with Gasteiger partial charge in [0.25, 0.3) is 0 Å². The maximum atomic E-state index is 10.9. The second kappa shape index (κ2) is 4.92. The molecule has 0 bridgehead atoms. The van der Waals surface area contributed by atoms with E-state index in [1.54, 1.807) is 0 Å². The van der Waals surface area contributed by atoms with Gasteiger partial charge >= 0.3 is 5.97 Å². The normalized spacial score (nSPS) is 18.0. The van der Waals surface area contributed by atoms with Crippen LogP contribution in [0.1, 0.15) is 43.6 Å². The molecule has 1 aliphatic rings. The fourth-order valence-corrected chi connectivity index (χ4v) is 2.55. The van der Waals surface area contributed by atoms with E-state index in [9.17, 15) is 4.79 Å². The Morgan fingerprint density at radius 2 is 2.22 bits per heavy atom. The van der Waals surface area contributed by atoms with Crippen molar-refractivity contribution in [2.45, 2.75) is 33.1 Å². The molecule has 5 nitrogen and oxygen atoms in total. The molecular weight excluding hydrogens is 230 g/mol. The summed E-state index contributed by atoms with van der Waals surface area (Å²) >= 11 is 0. The van der Waals surface area contributed by atoms with Gasteiger partial charge in [0.15, 0.2) is 5.69 Å². The predicted molar refractivity (Wildman–Crippen MR) is 68.8 cm³/mol. The monoisotopic (exact) mass is 249 g/mol. The van der Waals surface area contributed by atoms with E-state index in [1.165, 1.54) is 12.3 Å². The molecule has 0 spiro atoms. The van der Waals surface area contributed by atoms with Crippen LogP contribution in [-0.2, 0) is 0 Å². The van der Waals surface area contributed by atoms with Gasteiger partial charge in [0, 0.05) is 19.3 Å². The number of aromatic nitrogens is 2. The summed E-state index contributed by atoms with van der Waals surface area (Å²) in [6.07, 6.45) is 4.92. The lowest BCUT2D eigenvalue weighted by Crippen LogP contribution is -2.27. The predicted octanol–water partition coefficient (Wildman–Crippen LogP) is 2.19. The summed E-state index contributed by atoms with van der Waals surface area (Å²) in [5, 5.41) is 8.94. The van der Waals surface area contributed by atoms with Crippen molar-refractivity contribution in [1.82, 2.24) is 9.97 Å². The van der Waals surface area contributed by atoms with Crippen molar-refractivity contribution in [2.75, 3.05) is 18.0 Å². The third-order valence-corrected chi connectivity index (χ3v) is 4.08. The van der Waals surface area contributed by atoms with E-state index in [0.717, 1.165) is 32.4 Å². The molecule has 0 aliphatic carbocycles. The molecule has 0 aromatic carbocycles. The minimum absolute atomic E-state index is 0.0606. The summed E-state index contributed by atoms with van der Waals surface area (Å²) in [6, 6.07) is 1.43. The Labute approximate surface area is 107 Å². The number of carbonyl (C=O) groups is 1. The highest BCUT2D eigenvalue weighted by molar-refractivity contribution is 5.85. The summed E-state index contributed by atoms with van der Waals surface area (Å²) in [5.41, 5.74) is 0.397. The fraction of sp³-hybridized carbons (Fsp3) is 0.615. The highest BCUT2D eigenvalue weighted by Gasteiger charge is 2.36. The average Bonchev–Trinajstić information content (AvgIpc) is 2.84. The molecule has 0 atom stereocenters. The lowest BCUT2D eigenvalue weighted by Gasteiger charge is -2.26. The van der Waals surface area contributed by atoms with Gasteiger partial charge in [-0.25, -0.2) is 14.8 Å². The standard InChI is InChI=1S/C13H19N3O2/c1-3-13(4-2)6-8-16(9-13)12-14-7-5-10(15-12)11(17)18/h5,7H,3-4,6,8-9H2,1-2H3,(H,17,18). The van der Waals surface area contributed by atoms with Crippen molar-refractivity contribution in [3.63, 3.8) is 0 Å². The molecule has 0 radical (unpaired) electrons. The molecule has 1 aromatic rings. The summed E-state index contributed by atoms with van der Waals surface area (Å²) in [4.78, 5) is 21.3. The van der Waals surface area contributed by atoms with Crippen LogP contribution in [0.2, 0.25) is 0 Å². The molecule has 1 aromatic heterocycles. The first-order valence-electron chi connectivity index (χ1n) is 6.41. The van der Waals surface area contributed by atoms with Gasteiger partial charge in [-0.1, -0.05) is 13.8 Å². The number of carboxylic acid groups (broad SMARTS) is 1. The number of hydrogen-bond acceptors (Lipinski definition) is 4. The van der Waals surface area contributed by atoms with Crippen LogP contribution in [0.4, 0.5) is 5.95 Å². The minimum Gasteiger partial charge on any atom is -0.477 e. The Morgan fingerprint density at radius 3 is 2.78 bits per heavy atom. The van der Waals surface area contributed by atoms with Crippen LogP contribution in [0, 0.1) is 5.41 Å². The number of anilines is 1. The van der Waals surface area contributed by atoms with Gasteiger partial charge in [0.05, 0.1) is 0 Å². The van der Waals surface area contributed by atoms with E-state index in [2.05, 4.69) is 28.7 Å². The van der Waals surface area contributed by atoms with Crippen LogP contribution < -0.4 is 4.90 Å². The maximum Gasteiger partial charge on any atom is 0.354 e. The van der Waals surface area contributed by atoms with Crippen LogP contribution in [0.25, 0.3) is 0 Å². The van der Waals surface area contributed by atoms with Crippen molar-refractivity contribution >= 4 is 11.9 Å². The van der Waals surface area contributed by atoms with E-state index in [0.29, 0.717) is 11.4 Å². The zero-order valence-corrected chi connectivity index (χ0v) is 10.9. The molecule has 5 heteroatoms. The third-order valence-electron chi connectivity index (χ3n) is 4.08. The summed E-state index contributed by atoms with van der Waals surface area (Å²) in [6.45, 7) is 6.25. The molecule has 0 amide bonds. The van der Waals surface area contributed by atoms with Gasteiger partial charge in [-0.3, -0.25) is 0 Å². The van der Waals surface area contributed by atoms with Crippen LogP contribution in [0.5, 0.6) is 0 Å². The first-order valence-corrected chi connectivity index (χ1v) is 6.41. The topological polar surface area (TPSA) is 66.3 Å². The number of rotatable bonds is 4. The largest absolute Gasteiger partial charge is 0.477 e. The fourth-order valence-electron chi connectivity index (χ4n) is 2.55. The number of aromatic carboxylic acids is 1. The van der Waals surface area contributed by atoms with E-state index in [1.807, 2.05) is 0 Å². The minimum atomic E-state index is -1.00. The van der Waals surface area contributed by atoms with Crippen molar-refractivity contribution in [3.8, 4) is 0 Å². The molecule has 2 rings (SSSR count). The lowest BCUT2D eigenvalue weighted by atomic mass is 9.82. The van der Waals surface area contributed by atoms with Gasteiger partial charge in [-0.2, -0.15) is 0 Å². The van der Waals surface area contributed by atoms with E-state index >= 15 is 0 Å². The Kier molecular flexibility index (Phi) is 3.50. The van der Waals surface area contributed by atoms with Gasteiger partial charge < -0.3 is 10.0 Å². The average molecular weight is 249 g/mol. The Bertz CT molecular complexity index is 444. The van der Waals surface area contributed by atoms with Gasteiger partial charge in [-0.15, -0.1) is 0 Å². The first kappa shape index (κ1) is 12.8. The van der Waals surface area contributed by atoms with Crippen LogP contribution >= 0.6 is 0 Å². The van der Waals surface area contributed by atoms with E-state index in [-0.39, 0.29) is 5.69 Å². The molecular formula is C13H19N3O2. The Balaban J connectivity index is 2.19. The van der Waals surface area contributed by atoms with Crippen molar-refractivity contribution < 1.29 is 9.90 Å². The van der Waals surface area contributed by atoms with Crippen LogP contribution in [-0.4, -0.2) is 34.1 Å². The molecule has 1 N–H and O–H groups in total. The van der Waals surface area contributed by atoms with Crippen molar-refractivity contribution in [1.29, 1.82) is 0 Å². The van der Waals surface area contributed by atoms with Crippen molar-refractivity contribution in [2.24, 2.45) is 5.41 Å². The molecule has 18 heavy (non-hydrogen) atoms. The quantitative estimate of drug-likeness (QED) is 0.886. The molecule has 1 aliphatic heterocycles. The lowest BCUT2D eigenvalue weighted by molar-refractivity contribution is 0.0690. The summed E-state index contributed by atoms with van der Waals surface area (Å²) in [7, 11) is 0. The smallest absolute Gasteiger partial charge is 0.354 e. The highest BCUT2D eigenvalue weighted by Crippen LogP contribution is 2.37.